The fraction of sp³-hybridized carbons (Fsp3) is 0.647. The van der Waals surface area contributed by atoms with Gasteiger partial charge in [0.1, 0.15) is 5.31 Å². The number of hydrogen-bond donors (Lipinski definition) is 1. The summed E-state index contributed by atoms with van der Waals surface area (Å²) in [7, 11) is 0.555. The van der Waals surface area contributed by atoms with E-state index >= 15 is 0 Å². The van der Waals surface area contributed by atoms with Gasteiger partial charge in [0, 0.05) is 20.9 Å². The number of allylic oxidation sites excluding steroid dienone is 4. The van der Waals surface area contributed by atoms with Crippen LogP contribution in [0.25, 0.3) is 0 Å². The van der Waals surface area contributed by atoms with Crippen LogP contribution >= 0.6 is 15.9 Å². The number of hydrogen-bond acceptors (Lipinski definition) is 1. The maximum atomic E-state index is 9.97. The SMILES string of the molecule is C=CCC1=C(O)C=CC[PH+]1PCCCCCCCCC. The van der Waals surface area contributed by atoms with Crippen molar-refractivity contribution >= 4 is 15.9 Å². The minimum Gasteiger partial charge on any atom is -0.504 e. The van der Waals surface area contributed by atoms with Crippen molar-refractivity contribution in [2.24, 2.45) is 0 Å². The Kier molecular flexibility index (Phi) is 10.3. The Hall–Kier alpha value is -0.120. The van der Waals surface area contributed by atoms with E-state index in [1.807, 2.05) is 12.2 Å². The second-order valence-electron chi connectivity index (χ2n) is 5.49. The van der Waals surface area contributed by atoms with Gasteiger partial charge < -0.3 is 5.11 Å². The van der Waals surface area contributed by atoms with Crippen LogP contribution in [-0.2, 0) is 0 Å². The molecule has 0 amide bonds. The average molecular weight is 313 g/mol. The Morgan fingerprint density at radius 3 is 2.65 bits per heavy atom. The largest absolute Gasteiger partial charge is 0.504 e. The summed E-state index contributed by atoms with van der Waals surface area (Å²) >= 11 is 0. The van der Waals surface area contributed by atoms with Crippen LogP contribution in [0.2, 0.25) is 0 Å². The second-order valence-corrected chi connectivity index (χ2v) is 11.2. The minimum atomic E-state index is -0.499. The molecule has 114 valence electrons. The lowest BCUT2D eigenvalue weighted by Crippen LogP contribution is -1.94. The van der Waals surface area contributed by atoms with E-state index in [9.17, 15) is 5.11 Å². The third-order valence-electron chi connectivity index (χ3n) is 3.74. The Bertz CT molecular complexity index is 334. The van der Waals surface area contributed by atoms with Crippen molar-refractivity contribution in [2.45, 2.75) is 58.3 Å². The molecular weight excluding hydrogens is 282 g/mol. The van der Waals surface area contributed by atoms with Gasteiger partial charge >= 0.3 is 0 Å². The van der Waals surface area contributed by atoms with Gasteiger partial charge in [0.15, 0.2) is 5.76 Å². The zero-order valence-electron chi connectivity index (χ0n) is 13.0. The lowest BCUT2D eigenvalue weighted by molar-refractivity contribution is 0.428. The third-order valence-corrected chi connectivity index (χ3v) is 10.1. The summed E-state index contributed by atoms with van der Waals surface area (Å²) < 4.78 is 0. The molecule has 0 bridgehead atoms. The number of aliphatic hydroxyl groups is 1. The van der Waals surface area contributed by atoms with Gasteiger partial charge in [-0.15, -0.1) is 6.58 Å². The highest BCUT2D eigenvalue weighted by Gasteiger charge is 2.25. The van der Waals surface area contributed by atoms with Gasteiger partial charge in [0.05, 0.1) is 13.8 Å². The Morgan fingerprint density at radius 1 is 1.25 bits per heavy atom. The molecule has 1 heterocycles. The van der Waals surface area contributed by atoms with E-state index in [4.69, 9.17) is 0 Å². The van der Waals surface area contributed by atoms with Gasteiger partial charge in [-0.05, 0) is 18.6 Å². The van der Waals surface area contributed by atoms with E-state index in [2.05, 4.69) is 19.6 Å². The molecule has 0 aliphatic carbocycles. The van der Waals surface area contributed by atoms with Gasteiger partial charge in [-0.1, -0.05) is 51.5 Å². The first-order valence-corrected chi connectivity index (χ1v) is 12.0. The van der Waals surface area contributed by atoms with Crippen LogP contribution in [0.5, 0.6) is 0 Å². The molecule has 0 fully saturated rings. The molecule has 0 radical (unpaired) electrons. The Labute approximate surface area is 128 Å². The lowest BCUT2D eigenvalue weighted by Gasteiger charge is -2.15. The van der Waals surface area contributed by atoms with E-state index in [1.54, 1.807) is 0 Å². The molecule has 0 aromatic rings. The van der Waals surface area contributed by atoms with Crippen molar-refractivity contribution in [2.75, 3.05) is 12.3 Å². The normalized spacial score (nSPS) is 19.1. The van der Waals surface area contributed by atoms with E-state index in [0.717, 1.165) is 14.7 Å². The summed E-state index contributed by atoms with van der Waals surface area (Å²) in [6.07, 6.45) is 19.2. The summed E-state index contributed by atoms with van der Waals surface area (Å²) in [6.45, 7) is 6.09. The van der Waals surface area contributed by atoms with Crippen LogP contribution in [0.1, 0.15) is 58.3 Å². The zero-order chi connectivity index (χ0) is 14.6. The number of unbranched alkanes of at least 4 members (excludes halogenated alkanes) is 6. The summed E-state index contributed by atoms with van der Waals surface area (Å²) in [5, 5.41) is 11.3. The predicted molar refractivity (Wildman–Crippen MR) is 98.0 cm³/mol. The highest BCUT2D eigenvalue weighted by atomic mass is 32.0. The molecule has 1 N–H and O–H groups in total. The molecule has 0 aromatic heterocycles. The quantitative estimate of drug-likeness (QED) is 0.263. The first-order chi connectivity index (χ1) is 9.79. The first kappa shape index (κ1) is 17.9. The van der Waals surface area contributed by atoms with Crippen molar-refractivity contribution in [1.82, 2.24) is 0 Å². The van der Waals surface area contributed by atoms with Crippen LogP contribution < -0.4 is 0 Å². The van der Waals surface area contributed by atoms with Crippen LogP contribution in [0.15, 0.2) is 35.9 Å². The van der Waals surface area contributed by atoms with Crippen LogP contribution in [-0.4, -0.2) is 17.4 Å². The van der Waals surface area contributed by atoms with Crippen molar-refractivity contribution in [3.63, 3.8) is 0 Å². The molecule has 2 atom stereocenters. The molecular formula is C17H31OP2+. The highest BCUT2D eigenvalue weighted by Crippen LogP contribution is 2.64. The number of rotatable bonds is 11. The molecule has 1 rings (SSSR count). The van der Waals surface area contributed by atoms with Crippen molar-refractivity contribution < 1.29 is 5.11 Å². The minimum absolute atomic E-state index is 0.499. The second kappa shape index (κ2) is 11.5. The molecule has 3 heteroatoms. The van der Waals surface area contributed by atoms with Crippen LogP contribution in [0.3, 0.4) is 0 Å². The molecule has 2 unspecified atom stereocenters. The van der Waals surface area contributed by atoms with E-state index in [0.29, 0.717) is 5.76 Å². The van der Waals surface area contributed by atoms with Gasteiger partial charge in [0.25, 0.3) is 0 Å². The van der Waals surface area contributed by atoms with Gasteiger partial charge in [0.2, 0.25) is 0 Å². The fourth-order valence-electron chi connectivity index (χ4n) is 2.54. The summed E-state index contributed by atoms with van der Waals surface area (Å²) in [5.41, 5.74) is 0. The maximum Gasteiger partial charge on any atom is 0.153 e. The molecule has 0 spiro atoms. The monoisotopic (exact) mass is 313 g/mol. The Balaban J connectivity index is 2.15. The topological polar surface area (TPSA) is 20.2 Å². The summed E-state index contributed by atoms with van der Waals surface area (Å²) in [4.78, 5) is 0. The molecule has 0 saturated heterocycles. The van der Waals surface area contributed by atoms with E-state index in [1.165, 1.54) is 62.6 Å². The van der Waals surface area contributed by atoms with Gasteiger partial charge in [-0.3, -0.25) is 0 Å². The standard InChI is InChI=1S/C17H30OP2/c1-3-5-6-7-8-9-10-14-19-20-15-11-13-16(18)17(20)12-4-2/h4,11,13,18-19H,2-3,5-10,12,14-15H2,1H3/p+1. The molecule has 20 heavy (non-hydrogen) atoms. The molecule has 0 saturated carbocycles. The average Bonchev–Trinajstić information content (AvgIpc) is 2.45. The molecule has 1 nitrogen and oxygen atoms in total. The van der Waals surface area contributed by atoms with Gasteiger partial charge in [-0.25, -0.2) is 0 Å². The smallest absolute Gasteiger partial charge is 0.153 e. The maximum absolute atomic E-state index is 9.97. The summed E-state index contributed by atoms with van der Waals surface area (Å²) in [5.74, 6) is 0.539. The van der Waals surface area contributed by atoms with Crippen LogP contribution in [0, 0.1) is 0 Å². The molecule has 1 aliphatic rings. The van der Waals surface area contributed by atoms with Crippen molar-refractivity contribution in [3.05, 3.63) is 35.9 Å². The summed E-state index contributed by atoms with van der Waals surface area (Å²) in [6, 6.07) is 0. The third kappa shape index (κ3) is 7.05. The lowest BCUT2D eigenvalue weighted by atomic mass is 10.1. The number of aliphatic hydroxyl groups excluding tert-OH is 1. The first-order valence-electron chi connectivity index (χ1n) is 8.09. The zero-order valence-corrected chi connectivity index (χ0v) is 15.0. The van der Waals surface area contributed by atoms with Crippen molar-refractivity contribution in [3.8, 4) is 0 Å². The van der Waals surface area contributed by atoms with E-state index < -0.39 is 7.61 Å². The fourth-order valence-corrected chi connectivity index (χ4v) is 8.56. The van der Waals surface area contributed by atoms with Crippen LogP contribution in [0.4, 0.5) is 0 Å². The molecule has 1 aliphatic heterocycles. The predicted octanol–water partition coefficient (Wildman–Crippen LogP) is 6.46. The Morgan fingerprint density at radius 2 is 1.95 bits per heavy atom. The van der Waals surface area contributed by atoms with Crippen molar-refractivity contribution in [1.29, 1.82) is 0 Å². The van der Waals surface area contributed by atoms with Gasteiger partial charge in [-0.2, -0.15) is 0 Å². The molecule has 0 aromatic carbocycles. The van der Waals surface area contributed by atoms with E-state index in [-0.39, 0.29) is 0 Å². The highest BCUT2D eigenvalue weighted by molar-refractivity contribution is 8.23.